The molecule has 116 valence electrons. The molecule has 0 saturated heterocycles. The van der Waals surface area contributed by atoms with Crippen LogP contribution in [0.2, 0.25) is 0 Å². The normalized spacial score (nSPS) is 10.6. The fourth-order valence-electron chi connectivity index (χ4n) is 2.00. The van der Waals surface area contributed by atoms with Crippen molar-refractivity contribution in [2.24, 2.45) is 0 Å². The highest BCUT2D eigenvalue weighted by atomic mass is 32.2. The molecule has 7 heteroatoms. The molecule has 1 amide bonds. The van der Waals surface area contributed by atoms with Crippen molar-refractivity contribution in [2.45, 2.75) is 5.03 Å². The van der Waals surface area contributed by atoms with Gasteiger partial charge in [-0.05, 0) is 11.5 Å². The van der Waals surface area contributed by atoms with E-state index < -0.39 is 0 Å². The lowest BCUT2D eigenvalue weighted by Crippen LogP contribution is -2.24. The van der Waals surface area contributed by atoms with Crippen LogP contribution in [-0.4, -0.2) is 32.5 Å². The lowest BCUT2D eigenvalue weighted by Gasteiger charge is -2.02. The van der Waals surface area contributed by atoms with Crippen LogP contribution in [-0.2, 0) is 4.79 Å². The summed E-state index contributed by atoms with van der Waals surface area (Å²) in [5.74, 6) is 0.257. The van der Waals surface area contributed by atoms with Gasteiger partial charge >= 0.3 is 0 Å². The summed E-state index contributed by atoms with van der Waals surface area (Å²) in [6.07, 6.45) is 3.17. The first-order chi connectivity index (χ1) is 11.3. The fourth-order valence-corrected chi connectivity index (χ4v) is 3.75. The monoisotopic (exact) mass is 342 g/mol. The number of nitrogens with one attached hydrogen (secondary N) is 1. The second-order valence-corrected chi connectivity index (χ2v) is 6.37. The molecule has 3 aromatic rings. The Hall–Kier alpha value is -2.25. The van der Waals surface area contributed by atoms with E-state index in [4.69, 9.17) is 0 Å². The number of carbonyl (C=O) groups is 1. The summed E-state index contributed by atoms with van der Waals surface area (Å²) in [4.78, 5) is 20.4. The van der Waals surface area contributed by atoms with E-state index in [2.05, 4.69) is 26.2 Å². The number of rotatable bonds is 6. The van der Waals surface area contributed by atoms with Crippen molar-refractivity contribution >= 4 is 39.4 Å². The SMILES string of the molecule is C=CCNC(=O)CSc1ncnc2c(-c3ccccc3)nsc12. The molecule has 2 heterocycles. The zero-order valence-electron chi connectivity index (χ0n) is 12.2. The Bertz CT molecular complexity index is 832. The second kappa shape index (κ2) is 7.34. The van der Waals surface area contributed by atoms with Crippen molar-refractivity contribution < 1.29 is 4.79 Å². The van der Waals surface area contributed by atoms with Crippen molar-refractivity contribution in [2.75, 3.05) is 12.3 Å². The summed E-state index contributed by atoms with van der Waals surface area (Å²) >= 11 is 2.75. The van der Waals surface area contributed by atoms with Crippen LogP contribution in [0.1, 0.15) is 0 Å². The van der Waals surface area contributed by atoms with E-state index in [-0.39, 0.29) is 5.91 Å². The Morgan fingerprint density at radius 2 is 2.13 bits per heavy atom. The topological polar surface area (TPSA) is 67.8 Å². The number of hydrogen-bond acceptors (Lipinski definition) is 6. The number of amides is 1. The van der Waals surface area contributed by atoms with E-state index in [1.165, 1.54) is 29.6 Å². The van der Waals surface area contributed by atoms with Crippen molar-refractivity contribution in [1.29, 1.82) is 0 Å². The summed E-state index contributed by atoms with van der Waals surface area (Å²) < 4.78 is 5.42. The maximum absolute atomic E-state index is 11.7. The summed E-state index contributed by atoms with van der Waals surface area (Å²) in [7, 11) is 0. The minimum atomic E-state index is -0.0468. The van der Waals surface area contributed by atoms with E-state index in [1.54, 1.807) is 6.08 Å². The highest BCUT2D eigenvalue weighted by Gasteiger charge is 2.14. The minimum absolute atomic E-state index is 0.0468. The molecule has 0 saturated carbocycles. The Morgan fingerprint density at radius 1 is 1.30 bits per heavy atom. The van der Waals surface area contributed by atoms with Crippen LogP contribution in [0.4, 0.5) is 0 Å². The van der Waals surface area contributed by atoms with Crippen molar-refractivity contribution in [3.63, 3.8) is 0 Å². The Kier molecular flexibility index (Phi) is 4.99. The molecule has 0 bridgehead atoms. The molecule has 0 fully saturated rings. The molecule has 0 aliphatic rings. The molecule has 0 radical (unpaired) electrons. The van der Waals surface area contributed by atoms with Crippen LogP contribution in [0.5, 0.6) is 0 Å². The molecule has 23 heavy (non-hydrogen) atoms. The second-order valence-electron chi connectivity index (χ2n) is 4.64. The molecule has 0 atom stereocenters. The average molecular weight is 342 g/mol. The molecular formula is C16H14N4OS2. The van der Waals surface area contributed by atoms with E-state index in [9.17, 15) is 4.79 Å². The highest BCUT2D eigenvalue weighted by molar-refractivity contribution is 8.00. The third-order valence-electron chi connectivity index (χ3n) is 3.05. The Balaban J connectivity index is 1.84. The van der Waals surface area contributed by atoms with Gasteiger partial charge in [-0.25, -0.2) is 9.97 Å². The third-order valence-corrected chi connectivity index (χ3v) is 5.02. The number of benzene rings is 1. The van der Waals surface area contributed by atoms with Crippen molar-refractivity contribution in [1.82, 2.24) is 19.7 Å². The summed E-state index contributed by atoms with van der Waals surface area (Å²) in [5.41, 5.74) is 2.70. The van der Waals surface area contributed by atoms with Gasteiger partial charge in [0.2, 0.25) is 5.91 Å². The van der Waals surface area contributed by atoms with E-state index in [0.29, 0.717) is 12.3 Å². The molecule has 0 aliphatic carbocycles. The minimum Gasteiger partial charge on any atom is -0.352 e. The fraction of sp³-hybridized carbons (Fsp3) is 0.125. The van der Waals surface area contributed by atoms with E-state index >= 15 is 0 Å². The summed E-state index contributed by atoms with van der Waals surface area (Å²) in [6.45, 7) is 4.04. The van der Waals surface area contributed by atoms with Gasteiger partial charge < -0.3 is 5.32 Å². The third kappa shape index (κ3) is 3.57. The van der Waals surface area contributed by atoms with Gasteiger partial charge in [0.25, 0.3) is 0 Å². The molecule has 3 rings (SSSR count). The van der Waals surface area contributed by atoms with E-state index in [0.717, 1.165) is 26.5 Å². The standard InChI is InChI=1S/C16H14N4OS2/c1-2-8-17-12(21)9-22-16-15-14(18-10-19-16)13(20-23-15)11-6-4-3-5-7-11/h2-7,10H,1,8-9H2,(H,17,21). The summed E-state index contributed by atoms with van der Waals surface area (Å²) in [6, 6.07) is 9.93. The van der Waals surface area contributed by atoms with Gasteiger partial charge in [0.15, 0.2) is 0 Å². The predicted octanol–water partition coefficient (Wildman–Crippen LogP) is 3.15. The number of fused-ring (bicyclic) bond motifs is 1. The van der Waals surface area contributed by atoms with Gasteiger partial charge in [0, 0.05) is 12.1 Å². The number of aromatic nitrogens is 3. The number of carbonyl (C=O) groups excluding carboxylic acids is 1. The Labute approximate surface area is 142 Å². The smallest absolute Gasteiger partial charge is 0.230 e. The van der Waals surface area contributed by atoms with Gasteiger partial charge in [0.1, 0.15) is 27.3 Å². The van der Waals surface area contributed by atoms with Crippen LogP contribution in [0.25, 0.3) is 21.5 Å². The van der Waals surface area contributed by atoms with Crippen LogP contribution < -0.4 is 5.32 Å². The molecule has 0 unspecified atom stereocenters. The van der Waals surface area contributed by atoms with Gasteiger partial charge in [-0.3, -0.25) is 4.79 Å². The van der Waals surface area contributed by atoms with Gasteiger partial charge in [-0.1, -0.05) is 48.2 Å². The average Bonchev–Trinajstić information content (AvgIpc) is 3.03. The Morgan fingerprint density at radius 3 is 2.91 bits per heavy atom. The van der Waals surface area contributed by atoms with E-state index in [1.807, 2.05) is 30.3 Å². The molecule has 2 aromatic heterocycles. The van der Waals surface area contributed by atoms with Gasteiger partial charge in [-0.15, -0.1) is 6.58 Å². The largest absolute Gasteiger partial charge is 0.352 e. The van der Waals surface area contributed by atoms with Gasteiger partial charge in [-0.2, -0.15) is 4.37 Å². The van der Waals surface area contributed by atoms with Crippen molar-refractivity contribution in [3.05, 3.63) is 49.3 Å². The highest BCUT2D eigenvalue weighted by Crippen LogP contribution is 2.34. The molecule has 0 spiro atoms. The number of nitrogens with zero attached hydrogens (tertiary/aromatic N) is 3. The lowest BCUT2D eigenvalue weighted by atomic mass is 10.1. The van der Waals surface area contributed by atoms with Crippen molar-refractivity contribution in [3.8, 4) is 11.3 Å². The zero-order valence-corrected chi connectivity index (χ0v) is 13.9. The van der Waals surface area contributed by atoms with Crippen LogP contribution in [0, 0.1) is 0 Å². The van der Waals surface area contributed by atoms with Crippen LogP contribution in [0.15, 0.2) is 54.3 Å². The predicted molar refractivity (Wildman–Crippen MR) is 94.6 cm³/mol. The maximum Gasteiger partial charge on any atom is 0.230 e. The maximum atomic E-state index is 11.7. The number of thioether (sulfide) groups is 1. The molecule has 0 aliphatic heterocycles. The first kappa shape index (κ1) is 15.6. The first-order valence-electron chi connectivity index (χ1n) is 6.96. The summed E-state index contributed by atoms with van der Waals surface area (Å²) in [5, 5.41) is 3.53. The number of hydrogen-bond donors (Lipinski definition) is 1. The quantitative estimate of drug-likeness (QED) is 0.423. The van der Waals surface area contributed by atoms with Gasteiger partial charge in [0.05, 0.1) is 5.75 Å². The molecule has 1 aromatic carbocycles. The first-order valence-corrected chi connectivity index (χ1v) is 8.71. The zero-order chi connectivity index (χ0) is 16.1. The molecule has 1 N–H and O–H groups in total. The lowest BCUT2D eigenvalue weighted by molar-refractivity contribution is -0.118. The van der Waals surface area contributed by atoms with Crippen LogP contribution >= 0.6 is 23.3 Å². The van der Waals surface area contributed by atoms with Crippen LogP contribution in [0.3, 0.4) is 0 Å². The molecule has 5 nitrogen and oxygen atoms in total. The molecular weight excluding hydrogens is 328 g/mol.